The SMILES string of the molecule is CC[C@H](NC(=O)Cc1ccc(C)nc1)c1ncc(-c2ccccc2)[nH]1. The summed E-state index contributed by atoms with van der Waals surface area (Å²) in [6.45, 7) is 3.96. The minimum Gasteiger partial charge on any atom is -0.346 e. The van der Waals surface area contributed by atoms with Gasteiger partial charge in [-0.3, -0.25) is 9.78 Å². The van der Waals surface area contributed by atoms with E-state index in [2.05, 4.69) is 20.3 Å². The lowest BCUT2D eigenvalue weighted by Crippen LogP contribution is -2.30. The predicted molar refractivity (Wildman–Crippen MR) is 97.9 cm³/mol. The summed E-state index contributed by atoms with van der Waals surface area (Å²) in [4.78, 5) is 24.3. The van der Waals surface area contributed by atoms with Gasteiger partial charge in [0.25, 0.3) is 0 Å². The molecule has 0 fully saturated rings. The van der Waals surface area contributed by atoms with Crippen LogP contribution < -0.4 is 5.32 Å². The maximum absolute atomic E-state index is 12.3. The number of aryl methyl sites for hydroxylation is 1. The highest BCUT2D eigenvalue weighted by Crippen LogP contribution is 2.20. The molecule has 0 radical (unpaired) electrons. The van der Waals surface area contributed by atoms with Crippen LogP contribution in [0.1, 0.15) is 36.5 Å². The quantitative estimate of drug-likeness (QED) is 0.724. The highest BCUT2D eigenvalue weighted by molar-refractivity contribution is 5.78. The molecule has 0 unspecified atom stereocenters. The summed E-state index contributed by atoms with van der Waals surface area (Å²) in [6.07, 6.45) is 4.63. The van der Waals surface area contributed by atoms with Crippen molar-refractivity contribution >= 4 is 5.91 Å². The summed E-state index contributed by atoms with van der Waals surface area (Å²) in [5.41, 5.74) is 3.88. The van der Waals surface area contributed by atoms with Crippen molar-refractivity contribution in [3.8, 4) is 11.3 Å². The Hall–Kier alpha value is -2.95. The molecule has 2 N–H and O–H groups in total. The molecule has 128 valence electrons. The Morgan fingerprint density at radius 2 is 1.92 bits per heavy atom. The number of nitrogens with one attached hydrogen (secondary N) is 2. The summed E-state index contributed by atoms with van der Waals surface area (Å²) < 4.78 is 0. The van der Waals surface area contributed by atoms with Crippen molar-refractivity contribution in [1.29, 1.82) is 0 Å². The fraction of sp³-hybridized carbons (Fsp3) is 0.250. The van der Waals surface area contributed by atoms with Crippen molar-refractivity contribution < 1.29 is 4.79 Å². The lowest BCUT2D eigenvalue weighted by molar-refractivity contribution is -0.121. The van der Waals surface area contributed by atoms with Gasteiger partial charge in [0.1, 0.15) is 5.82 Å². The van der Waals surface area contributed by atoms with E-state index >= 15 is 0 Å². The Bertz CT molecular complexity index is 824. The molecule has 3 rings (SSSR count). The van der Waals surface area contributed by atoms with Gasteiger partial charge in [-0.1, -0.05) is 43.3 Å². The number of aromatic amines is 1. The molecule has 3 aromatic rings. The van der Waals surface area contributed by atoms with Gasteiger partial charge >= 0.3 is 0 Å². The number of rotatable bonds is 6. The molecular formula is C20H22N4O. The van der Waals surface area contributed by atoms with Crippen LogP contribution in [0.2, 0.25) is 0 Å². The van der Waals surface area contributed by atoms with Crippen LogP contribution >= 0.6 is 0 Å². The third-order valence-electron chi connectivity index (χ3n) is 4.09. The number of imidazole rings is 1. The third kappa shape index (κ3) is 4.32. The van der Waals surface area contributed by atoms with Gasteiger partial charge in [0.05, 0.1) is 24.4 Å². The lowest BCUT2D eigenvalue weighted by Gasteiger charge is -2.14. The standard InChI is InChI=1S/C20H22N4O/c1-3-17(23-19(25)11-15-10-9-14(2)21-12-15)20-22-13-18(24-20)16-7-5-4-6-8-16/h4-10,12-13,17H,3,11H2,1-2H3,(H,22,24)(H,23,25)/t17-/m0/s1. The number of benzene rings is 1. The first-order chi connectivity index (χ1) is 12.2. The van der Waals surface area contributed by atoms with Crippen LogP contribution in [0, 0.1) is 6.92 Å². The predicted octanol–water partition coefficient (Wildman–Crippen LogP) is 3.59. The highest BCUT2D eigenvalue weighted by atomic mass is 16.1. The summed E-state index contributed by atoms with van der Waals surface area (Å²) >= 11 is 0. The summed E-state index contributed by atoms with van der Waals surface area (Å²) in [6, 6.07) is 13.7. The zero-order chi connectivity index (χ0) is 17.6. The van der Waals surface area contributed by atoms with Crippen molar-refractivity contribution in [1.82, 2.24) is 20.3 Å². The van der Waals surface area contributed by atoms with Gasteiger partial charge in [-0.25, -0.2) is 4.98 Å². The fourth-order valence-corrected chi connectivity index (χ4v) is 2.68. The first-order valence-corrected chi connectivity index (χ1v) is 8.47. The lowest BCUT2D eigenvalue weighted by atomic mass is 10.1. The Morgan fingerprint density at radius 1 is 1.12 bits per heavy atom. The average Bonchev–Trinajstić information content (AvgIpc) is 3.12. The van der Waals surface area contributed by atoms with E-state index in [9.17, 15) is 4.79 Å². The number of amides is 1. The normalized spacial score (nSPS) is 11.9. The smallest absolute Gasteiger partial charge is 0.225 e. The number of carbonyl (C=O) groups is 1. The van der Waals surface area contributed by atoms with E-state index in [0.29, 0.717) is 6.42 Å². The van der Waals surface area contributed by atoms with Gasteiger partial charge in [-0.05, 0) is 30.5 Å². The minimum atomic E-state index is -0.136. The molecule has 1 aromatic carbocycles. The Kier molecular flexibility index (Phi) is 5.23. The second-order valence-corrected chi connectivity index (χ2v) is 6.06. The van der Waals surface area contributed by atoms with Crippen molar-refractivity contribution in [2.45, 2.75) is 32.7 Å². The summed E-state index contributed by atoms with van der Waals surface area (Å²) in [5.74, 6) is 0.742. The topological polar surface area (TPSA) is 70.7 Å². The van der Waals surface area contributed by atoms with Gasteiger partial charge < -0.3 is 10.3 Å². The van der Waals surface area contributed by atoms with Crippen molar-refractivity contribution in [3.05, 3.63) is 71.9 Å². The zero-order valence-electron chi connectivity index (χ0n) is 14.5. The molecule has 0 aliphatic rings. The van der Waals surface area contributed by atoms with Crippen LogP contribution in [0.15, 0.2) is 54.9 Å². The molecule has 25 heavy (non-hydrogen) atoms. The van der Waals surface area contributed by atoms with Crippen molar-refractivity contribution in [2.75, 3.05) is 0 Å². The third-order valence-corrected chi connectivity index (χ3v) is 4.09. The fourth-order valence-electron chi connectivity index (χ4n) is 2.68. The number of H-pyrrole nitrogens is 1. The van der Waals surface area contributed by atoms with Crippen LogP contribution in [0.3, 0.4) is 0 Å². The Balaban J connectivity index is 1.67. The van der Waals surface area contributed by atoms with Crippen LogP contribution in [-0.4, -0.2) is 20.9 Å². The molecule has 0 spiro atoms. The Labute approximate surface area is 147 Å². The van der Waals surface area contributed by atoms with Crippen molar-refractivity contribution in [2.24, 2.45) is 0 Å². The van der Waals surface area contributed by atoms with Crippen LogP contribution in [0.25, 0.3) is 11.3 Å². The first-order valence-electron chi connectivity index (χ1n) is 8.47. The van der Waals surface area contributed by atoms with Gasteiger partial charge in [-0.2, -0.15) is 0 Å². The number of nitrogens with zero attached hydrogens (tertiary/aromatic N) is 2. The van der Waals surface area contributed by atoms with E-state index in [4.69, 9.17) is 0 Å². The molecule has 2 heterocycles. The number of hydrogen-bond donors (Lipinski definition) is 2. The van der Waals surface area contributed by atoms with Crippen LogP contribution in [-0.2, 0) is 11.2 Å². The molecule has 5 heteroatoms. The van der Waals surface area contributed by atoms with E-state index in [1.165, 1.54) is 0 Å². The monoisotopic (exact) mass is 334 g/mol. The maximum Gasteiger partial charge on any atom is 0.225 e. The van der Waals surface area contributed by atoms with E-state index in [-0.39, 0.29) is 11.9 Å². The van der Waals surface area contributed by atoms with E-state index in [1.807, 2.05) is 62.5 Å². The molecule has 1 atom stereocenters. The molecule has 0 saturated heterocycles. The summed E-state index contributed by atoms with van der Waals surface area (Å²) in [5, 5.41) is 3.05. The second-order valence-electron chi connectivity index (χ2n) is 6.06. The molecular weight excluding hydrogens is 312 g/mol. The molecule has 0 aliphatic heterocycles. The zero-order valence-corrected chi connectivity index (χ0v) is 14.5. The molecule has 0 aliphatic carbocycles. The number of aromatic nitrogens is 3. The van der Waals surface area contributed by atoms with E-state index < -0.39 is 0 Å². The number of pyridine rings is 1. The molecule has 5 nitrogen and oxygen atoms in total. The van der Waals surface area contributed by atoms with E-state index in [1.54, 1.807) is 6.20 Å². The molecule has 0 bridgehead atoms. The molecule has 1 amide bonds. The van der Waals surface area contributed by atoms with E-state index in [0.717, 1.165) is 34.8 Å². The Morgan fingerprint density at radius 3 is 2.60 bits per heavy atom. The largest absolute Gasteiger partial charge is 0.346 e. The van der Waals surface area contributed by atoms with Crippen molar-refractivity contribution in [3.63, 3.8) is 0 Å². The summed E-state index contributed by atoms with van der Waals surface area (Å²) in [7, 11) is 0. The molecule has 0 saturated carbocycles. The van der Waals surface area contributed by atoms with Gasteiger partial charge in [-0.15, -0.1) is 0 Å². The first kappa shape index (κ1) is 16.9. The van der Waals surface area contributed by atoms with Crippen LogP contribution in [0.5, 0.6) is 0 Å². The van der Waals surface area contributed by atoms with Gasteiger partial charge in [0.15, 0.2) is 0 Å². The maximum atomic E-state index is 12.3. The number of carbonyl (C=O) groups excluding carboxylic acids is 1. The van der Waals surface area contributed by atoms with Gasteiger partial charge in [0, 0.05) is 11.9 Å². The highest BCUT2D eigenvalue weighted by Gasteiger charge is 2.16. The second kappa shape index (κ2) is 7.75. The van der Waals surface area contributed by atoms with Gasteiger partial charge in [0.2, 0.25) is 5.91 Å². The minimum absolute atomic E-state index is 0.0323. The average molecular weight is 334 g/mol. The van der Waals surface area contributed by atoms with Crippen LogP contribution in [0.4, 0.5) is 0 Å². The molecule has 2 aromatic heterocycles. The number of hydrogen-bond acceptors (Lipinski definition) is 3.